The fraction of sp³-hybridized carbons (Fsp3) is 0.294. The van der Waals surface area contributed by atoms with E-state index in [1.807, 2.05) is 4.90 Å². The Morgan fingerprint density at radius 3 is 2.57 bits per heavy atom. The van der Waals surface area contributed by atoms with Crippen LogP contribution in [0.15, 0.2) is 47.4 Å². The minimum atomic E-state index is -3.38. The highest BCUT2D eigenvalue weighted by atomic mass is 32.2. The Bertz CT molecular complexity index is 836. The van der Waals surface area contributed by atoms with Crippen LogP contribution in [0.1, 0.15) is 6.42 Å². The normalized spacial score (nSPS) is 18.4. The maximum absolute atomic E-state index is 14.5. The first-order chi connectivity index (χ1) is 10.9. The SMILES string of the molecule is CS(=O)(=O)c1ccccc1-c1ccc(N2CC[C@H](N)C2)c(F)c1. The average Bonchev–Trinajstić information content (AvgIpc) is 2.92. The van der Waals surface area contributed by atoms with E-state index in [0.717, 1.165) is 19.2 Å². The van der Waals surface area contributed by atoms with Crippen LogP contribution in [0.3, 0.4) is 0 Å². The van der Waals surface area contributed by atoms with E-state index in [4.69, 9.17) is 5.73 Å². The minimum absolute atomic E-state index is 0.0695. The number of hydrogen-bond acceptors (Lipinski definition) is 4. The van der Waals surface area contributed by atoms with Crippen molar-refractivity contribution >= 4 is 15.5 Å². The van der Waals surface area contributed by atoms with Crippen LogP contribution in [0.25, 0.3) is 11.1 Å². The summed E-state index contributed by atoms with van der Waals surface area (Å²) in [4.78, 5) is 2.13. The van der Waals surface area contributed by atoms with Crippen LogP contribution in [0.5, 0.6) is 0 Å². The summed E-state index contributed by atoms with van der Waals surface area (Å²) < 4.78 is 38.3. The molecule has 1 atom stereocenters. The van der Waals surface area contributed by atoms with Crippen molar-refractivity contribution < 1.29 is 12.8 Å². The van der Waals surface area contributed by atoms with Crippen LogP contribution in [0.4, 0.5) is 10.1 Å². The maximum atomic E-state index is 14.5. The molecule has 122 valence electrons. The third kappa shape index (κ3) is 3.23. The van der Waals surface area contributed by atoms with E-state index in [1.54, 1.807) is 30.3 Å². The smallest absolute Gasteiger partial charge is 0.176 e. The largest absolute Gasteiger partial charge is 0.368 e. The van der Waals surface area contributed by atoms with Crippen LogP contribution in [0, 0.1) is 5.82 Å². The monoisotopic (exact) mass is 334 g/mol. The summed E-state index contributed by atoms with van der Waals surface area (Å²) in [6.45, 7) is 1.37. The number of hydrogen-bond donors (Lipinski definition) is 1. The predicted octanol–water partition coefficient (Wildman–Crippen LogP) is 2.43. The first-order valence-corrected chi connectivity index (χ1v) is 9.35. The molecule has 0 aliphatic carbocycles. The van der Waals surface area contributed by atoms with Crippen LogP contribution in [0.2, 0.25) is 0 Å². The van der Waals surface area contributed by atoms with Crippen molar-refractivity contribution in [2.75, 3.05) is 24.2 Å². The number of benzene rings is 2. The van der Waals surface area contributed by atoms with Crippen LogP contribution >= 0.6 is 0 Å². The van der Waals surface area contributed by atoms with Gasteiger partial charge in [-0.2, -0.15) is 0 Å². The molecule has 1 heterocycles. The molecule has 0 amide bonds. The molecular formula is C17H19FN2O2S. The Morgan fingerprint density at radius 2 is 1.96 bits per heavy atom. The molecule has 0 saturated carbocycles. The summed E-state index contributed by atoms with van der Waals surface area (Å²) in [6, 6.07) is 11.6. The summed E-state index contributed by atoms with van der Waals surface area (Å²) in [6.07, 6.45) is 2.00. The first-order valence-electron chi connectivity index (χ1n) is 7.46. The number of nitrogens with zero attached hydrogens (tertiary/aromatic N) is 1. The zero-order valence-electron chi connectivity index (χ0n) is 12.9. The second-order valence-electron chi connectivity index (χ2n) is 5.93. The molecule has 0 aromatic heterocycles. The quantitative estimate of drug-likeness (QED) is 0.936. The highest BCUT2D eigenvalue weighted by Crippen LogP contribution is 2.31. The molecule has 3 rings (SSSR count). The fourth-order valence-electron chi connectivity index (χ4n) is 2.97. The number of halogens is 1. The van der Waals surface area contributed by atoms with Crippen molar-refractivity contribution in [1.82, 2.24) is 0 Å². The van der Waals surface area contributed by atoms with Gasteiger partial charge in [-0.25, -0.2) is 12.8 Å². The third-order valence-electron chi connectivity index (χ3n) is 4.11. The van der Waals surface area contributed by atoms with Gasteiger partial charge >= 0.3 is 0 Å². The fourth-order valence-corrected chi connectivity index (χ4v) is 3.88. The van der Waals surface area contributed by atoms with Gasteiger partial charge in [0.05, 0.1) is 10.6 Å². The number of anilines is 1. The van der Waals surface area contributed by atoms with Gasteiger partial charge in [-0.05, 0) is 30.2 Å². The molecule has 1 aliphatic rings. The van der Waals surface area contributed by atoms with Crippen LogP contribution in [-0.2, 0) is 9.84 Å². The molecular weight excluding hydrogens is 315 g/mol. The Balaban J connectivity index is 2.02. The Morgan fingerprint density at radius 1 is 1.22 bits per heavy atom. The van der Waals surface area contributed by atoms with Gasteiger partial charge in [-0.15, -0.1) is 0 Å². The molecule has 0 spiro atoms. The summed E-state index contributed by atoms with van der Waals surface area (Å²) in [5.41, 5.74) is 7.45. The van der Waals surface area contributed by atoms with Gasteiger partial charge in [0.1, 0.15) is 5.82 Å². The topological polar surface area (TPSA) is 63.4 Å². The van der Waals surface area contributed by atoms with Crippen molar-refractivity contribution in [2.24, 2.45) is 5.73 Å². The number of nitrogens with two attached hydrogens (primary N) is 1. The summed E-state index contributed by atoms with van der Waals surface area (Å²) in [7, 11) is -3.38. The molecule has 1 saturated heterocycles. The van der Waals surface area contributed by atoms with Crippen LogP contribution in [-0.4, -0.2) is 33.8 Å². The molecule has 1 fully saturated rings. The lowest BCUT2D eigenvalue weighted by Gasteiger charge is -2.19. The number of rotatable bonds is 3. The van der Waals surface area contributed by atoms with Gasteiger partial charge in [-0.3, -0.25) is 0 Å². The van der Waals surface area contributed by atoms with Gasteiger partial charge in [0.2, 0.25) is 0 Å². The lowest BCUT2D eigenvalue weighted by atomic mass is 10.0. The second-order valence-corrected chi connectivity index (χ2v) is 7.91. The highest BCUT2D eigenvalue weighted by Gasteiger charge is 2.22. The van der Waals surface area contributed by atoms with Crippen molar-refractivity contribution in [1.29, 1.82) is 0 Å². The average molecular weight is 334 g/mol. The Hall–Kier alpha value is -1.92. The van der Waals surface area contributed by atoms with Gasteiger partial charge in [-0.1, -0.05) is 24.3 Å². The highest BCUT2D eigenvalue weighted by molar-refractivity contribution is 7.90. The van der Waals surface area contributed by atoms with Crippen molar-refractivity contribution in [3.63, 3.8) is 0 Å². The molecule has 2 N–H and O–H groups in total. The van der Waals surface area contributed by atoms with E-state index in [2.05, 4.69) is 0 Å². The van der Waals surface area contributed by atoms with Gasteiger partial charge in [0.25, 0.3) is 0 Å². The van der Waals surface area contributed by atoms with Gasteiger partial charge in [0, 0.05) is 31.0 Å². The van der Waals surface area contributed by atoms with E-state index in [9.17, 15) is 12.8 Å². The molecule has 6 heteroatoms. The van der Waals surface area contributed by atoms with Crippen molar-refractivity contribution in [2.45, 2.75) is 17.4 Å². The number of sulfone groups is 1. The van der Waals surface area contributed by atoms with Crippen molar-refractivity contribution in [3.05, 3.63) is 48.3 Å². The standard InChI is InChI=1S/C17H19FN2O2S/c1-23(21,22)17-5-3-2-4-14(17)12-6-7-16(15(18)10-12)20-9-8-13(19)11-20/h2-7,10,13H,8-9,11,19H2,1H3/t13-/m0/s1. The van der Waals surface area contributed by atoms with Gasteiger partial charge in [0.15, 0.2) is 9.84 Å². The predicted molar refractivity (Wildman–Crippen MR) is 89.8 cm³/mol. The minimum Gasteiger partial charge on any atom is -0.368 e. The molecule has 0 unspecified atom stereocenters. The molecule has 23 heavy (non-hydrogen) atoms. The van der Waals surface area contributed by atoms with Crippen molar-refractivity contribution in [3.8, 4) is 11.1 Å². The van der Waals surface area contributed by atoms with E-state index in [1.165, 1.54) is 12.1 Å². The molecule has 2 aromatic rings. The second kappa shape index (κ2) is 5.94. The lowest BCUT2D eigenvalue weighted by Crippen LogP contribution is -2.26. The van der Waals surface area contributed by atoms with E-state index in [0.29, 0.717) is 23.4 Å². The first kappa shape index (κ1) is 16.0. The Kier molecular flexibility index (Phi) is 4.12. The molecule has 2 aromatic carbocycles. The van der Waals surface area contributed by atoms with Gasteiger partial charge < -0.3 is 10.6 Å². The third-order valence-corrected chi connectivity index (χ3v) is 5.27. The molecule has 0 bridgehead atoms. The van der Waals surface area contributed by atoms with E-state index >= 15 is 0 Å². The molecule has 4 nitrogen and oxygen atoms in total. The summed E-state index contributed by atoms with van der Waals surface area (Å²) >= 11 is 0. The van der Waals surface area contributed by atoms with Crippen LogP contribution < -0.4 is 10.6 Å². The van der Waals surface area contributed by atoms with E-state index < -0.39 is 9.84 Å². The summed E-state index contributed by atoms with van der Waals surface area (Å²) in [5.74, 6) is -0.361. The summed E-state index contributed by atoms with van der Waals surface area (Å²) in [5, 5.41) is 0. The lowest BCUT2D eigenvalue weighted by molar-refractivity contribution is 0.602. The molecule has 1 aliphatic heterocycles. The maximum Gasteiger partial charge on any atom is 0.176 e. The van der Waals surface area contributed by atoms with E-state index in [-0.39, 0.29) is 16.8 Å². The molecule has 0 radical (unpaired) electrons. The zero-order valence-corrected chi connectivity index (χ0v) is 13.7. The Labute approximate surface area is 135 Å². The zero-order chi connectivity index (χ0) is 16.6.